The molecule has 3 nitrogen and oxygen atoms in total. The van der Waals surface area contributed by atoms with Crippen molar-refractivity contribution in [2.45, 2.75) is 33.7 Å². The first-order valence-electron chi connectivity index (χ1n) is 7.10. The van der Waals surface area contributed by atoms with Gasteiger partial charge in [-0.3, -0.25) is 9.78 Å². The molecule has 1 amide bonds. The number of carbonyl (C=O) groups excluding carboxylic acids is 1. The van der Waals surface area contributed by atoms with E-state index in [9.17, 15) is 4.79 Å². The first kappa shape index (κ1) is 13.1. The average Bonchev–Trinajstić information content (AvgIpc) is 3.07. The summed E-state index contributed by atoms with van der Waals surface area (Å²) in [6.45, 7) is 6.92. The fraction of sp³-hybridized carbons (Fsp3) is 0.412. The van der Waals surface area contributed by atoms with Crippen molar-refractivity contribution in [2.24, 2.45) is 11.3 Å². The molecule has 0 bridgehead atoms. The summed E-state index contributed by atoms with van der Waals surface area (Å²) >= 11 is 0. The van der Waals surface area contributed by atoms with Gasteiger partial charge < -0.3 is 5.32 Å². The topological polar surface area (TPSA) is 42.0 Å². The largest absolute Gasteiger partial charge is 0.352 e. The number of benzene rings is 1. The highest BCUT2D eigenvalue weighted by Gasteiger charge is 2.50. The van der Waals surface area contributed by atoms with Gasteiger partial charge in [0.15, 0.2) is 0 Å². The number of hydrogen-bond donors (Lipinski definition) is 1. The highest BCUT2D eigenvalue weighted by molar-refractivity contribution is 5.86. The second-order valence-corrected chi connectivity index (χ2v) is 6.40. The van der Waals surface area contributed by atoms with Crippen LogP contribution in [0.5, 0.6) is 0 Å². The molecule has 1 fully saturated rings. The number of aromatic nitrogens is 1. The molecule has 2 aromatic rings. The molecule has 1 heterocycles. The zero-order valence-electron chi connectivity index (χ0n) is 12.2. The number of rotatable bonds is 3. The normalized spacial score (nSPS) is 19.9. The van der Waals surface area contributed by atoms with E-state index in [0.717, 1.165) is 22.9 Å². The van der Waals surface area contributed by atoms with Crippen molar-refractivity contribution < 1.29 is 4.79 Å². The third-order valence-corrected chi connectivity index (χ3v) is 4.34. The molecule has 1 aliphatic carbocycles. The molecule has 20 heavy (non-hydrogen) atoms. The number of pyridine rings is 1. The predicted molar refractivity (Wildman–Crippen MR) is 80.2 cm³/mol. The molecule has 0 saturated heterocycles. The lowest BCUT2D eigenvalue weighted by atomic mass is 10.0. The summed E-state index contributed by atoms with van der Waals surface area (Å²) in [5.41, 5.74) is 3.50. The Hall–Kier alpha value is -1.90. The van der Waals surface area contributed by atoms with E-state index in [1.165, 1.54) is 5.56 Å². The van der Waals surface area contributed by atoms with Gasteiger partial charge >= 0.3 is 0 Å². The third kappa shape index (κ3) is 2.28. The molecule has 0 radical (unpaired) electrons. The minimum atomic E-state index is 0.174. The van der Waals surface area contributed by atoms with Gasteiger partial charge in [-0.1, -0.05) is 32.0 Å². The molecular formula is C17H20N2O. The molecule has 1 saturated carbocycles. The minimum Gasteiger partial charge on any atom is -0.352 e. The summed E-state index contributed by atoms with van der Waals surface area (Å²) in [5, 5.41) is 4.19. The third-order valence-electron chi connectivity index (χ3n) is 4.34. The van der Waals surface area contributed by atoms with Crippen molar-refractivity contribution in [1.82, 2.24) is 10.3 Å². The first-order valence-corrected chi connectivity index (χ1v) is 7.10. The monoisotopic (exact) mass is 268 g/mol. The summed E-state index contributed by atoms with van der Waals surface area (Å²) in [4.78, 5) is 16.5. The Labute approximate surface area is 119 Å². The van der Waals surface area contributed by atoms with Gasteiger partial charge in [-0.15, -0.1) is 0 Å². The molecule has 1 N–H and O–H groups in total. The van der Waals surface area contributed by atoms with E-state index in [1.807, 2.05) is 12.3 Å². The number of hydrogen-bond acceptors (Lipinski definition) is 2. The van der Waals surface area contributed by atoms with Gasteiger partial charge in [0.2, 0.25) is 5.91 Å². The average molecular weight is 268 g/mol. The maximum Gasteiger partial charge on any atom is 0.223 e. The quantitative estimate of drug-likeness (QED) is 0.928. The van der Waals surface area contributed by atoms with Crippen molar-refractivity contribution in [3.8, 4) is 0 Å². The summed E-state index contributed by atoms with van der Waals surface area (Å²) in [6.07, 6.45) is 2.81. The summed E-state index contributed by atoms with van der Waals surface area (Å²) in [7, 11) is 0. The zero-order valence-corrected chi connectivity index (χ0v) is 12.2. The van der Waals surface area contributed by atoms with Gasteiger partial charge in [-0.25, -0.2) is 0 Å². The molecule has 0 spiro atoms. The highest BCUT2D eigenvalue weighted by atomic mass is 16.2. The number of carbonyl (C=O) groups is 1. The van der Waals surface area contributed by atoms with Crippen LogP contribution in [0.3, 0.4) is 0 Å². The van der Waals surface area contributed by atoms with Crippen LogP contribution < -0.4 is 5.32 Å². The van der Waals surface area contributed by atoms with Gasteiger partial charge in [0, 0.05) is 24.0 Å². The Kier molecular flexibility index (Phi) is 3.00. The molecule has 1 aromatic heterocycles. The fourth-order valence-electron chi connectivity index (χ4n) is 2.75. The van der Waals surface area contributed by atoms with Gasteiger partial charge in [-0.2, -0.15) is 0 Å². The maximum absolute atomic E-state index is 12.1. The van der Waals surface area contributed by atoms with Crippen LogP contribution in [0.25, 0.3) is 10.9 Å². The molecule has 1 aliphatic rings. The number of nitrogens with one attached hydrogen (secondary N) is 1. The number of aryl methyl sites for hydroxylation is 1. The molecule has 3 rings (SSSR count). The van der Waals surface area contributed by atoms with Crippen molar-refractivity contribution in [3.63, 3.8) is 0 Å². The molecular weight excluding hydrogens is 248 g/mol. The maximum atomic E-state index is 12.1. The molecule has 1 aromatic carbocycles. The van der Waals surface area contributed by atoms with Crippen LogP contribution in [0, 0.1) is 18.3 Å². The number of amides is 1. The van der Waals surface area contributed by atoms with Crippen LogP contribution in [0.15, 0.2) is 30.5 Å². The minimum absolute atomic E-state index is 0.174. The van der Waals surface area contributed by atoms with E-state index >= 15 is 0 Å². The van der Waals surface area contributed by atoms with Crippen LogP contribution in [0.4, 0.5) is 0 Å². The van der Waals surface area contributed by atoms with Crippen molar-refractivity contribution in [1.29, 1.82) is 0 Å². The smallest absolute Gasteiger partial charge is 0.223 e. The van der Waals surface area contributed by atoms with Gasteiger partial charge in [0.25, 0.3) is 0 Å². The SMILES string of the molecule is Cc1ccc(CNC(=O)[C@H]2CC2(C)C)c2cccnc12. The molecule has 1 atom stereocenters. The van der Waals surface area contributed by atoms with Crippen LogP contribution in [0.1, 0.15) is 31.4 Å². The molecule has 0 aliphatic heterocycles. The lowest BCUT2D eigenvalue weighted by Crippen LogP contribution is -2.26. The summed E-state index contributed by atoms with van der Waals surface area (Å²) in [5.74, 6) is 0.352. The van der Waals surface area contributed by atoms with E-state index in [2.05, 4.69) is 49.3 Å². The number of fused-ring (bicyclic) bond motifs is 1. The summed E-state index contributed by atoms with van der Waals surface area (Å²) < 4.78 is 0. The first-order chi connectivity index (χ1) is 9.49. The van der Waals surface area contributed by atoms with Crippen LogP contribution in [-0.2, 0) is 11.3 Å². The van der Waals surface area contributed by atoms with E-state index < -0.39 is 0 Å². The standard InChI is InChI=1S/C17H20N2O/c1-11-6-7-12(13-5-4-8-18-15(11)13)10-19-16(20)14-9-17(14,2)3/h4-8,14H,9-10H2,1-3H3,(H,19,20)/t14-/m1/s1. The van der Waals surface area contributed by atoms with Crippen molar-refractivity contribution >= 4 is 16.8 Å². The van der Waals surface area contributed by atoms with Crippen LogP contribution >= 0.6 is 0 Å². The molecule has 104 valence electrons. The van der Waals surface area contributed by atoms with Crippen molar-refractivity contribution in [2.75, 3.05) is 0 Å². The Morgan fingerprint density at radius 1 is 1.40 bits per heavy atom. The van der Waals surface area contributed by atoms with Gasteiger partial charge in [-0.05, 0) is 36.0 Å². The Bertz CT molecular complexity index is 676. The van der Waals surface area contributed by atoms with E-state index in [0.29, 0.717) is 6.54 Å². The Balaban J connectivity index is 1.78. The lowest BCUT2D eigenvalue weighted by Gasteiger charge is -2.10. The van der Waals surface area contributed by atoms with Crippen LogP contribution in [0.2, 0.25) is 0 Å². The Morgan fingerprint density at radius 3 is 2.85 bits per heavy atom. The van der Waals surface area contributed by atoms with Gasteiger partial charge in [0.05, 0.1) is 5.52 Å². The predicted octanol–water partition coefficient (Wildman–Crippen LogP) is 3.21. The van der Waals surface area contributed by atoms with E-state index in [4.69, 9.17) is 0 Å². The zero-order chi connectivity index (χ0) is 14.3. The van der Waals surface area contributed by atoms with E-state index in [1.54, 1.807) is 0 Å². The van der Waals surface area contributed by atoms with E-state index in [-0.39, 0.29) is 17.2 Å². The fourth-order valence-corrected chi connectivity index (χ4v) is 2.75. The summed E-state index contributed by atoms with van der Waals surface area (Å²) in [6, 6.07) is 8.16. The second-order valence-electron chi connectivity index (χ2n) is 6.40. The molecule has 3 heteroatoms. The van der Waals surface area contributed by atoms with Gasteiger partial charge in [0.1, 0.15) is 0 Å². The number of nitrogens with zero attached hydrogens (tertiary/aromatic N) is 1. The molecule has 0 unspecified atom stereocenters. The Morgan fingerprint density at radius 2 is 2.15 bits per heavy atom. The van der Waals surface area contributed by atoms with Crippen LogP contribution in [-0.4, -0.2) is 10.9 Å². The highest BCUT2D eigenvalue weighted by Crippen LogP contribution is 2.51. The van der Waals surface area contributed by atoms with Crippen molar-refractivity contribution in [3.05, 3.63) is 41.6 Å². The lowest BCUT2D eigenvalue weighted by molar-refractivity contribution is -0.123. The second kappa shape index (κ2) is 4.58.